The van der Waals surface area contributed by atoms with E-state index in [1.54, 1.807) is 0 Å². The first kappa shape index (κ1) is 10.7. The molecule has 1 aliphatic rings. The van der Waals surface area contributed by atoms with E-state index < -0.39 is 11.7 Å². The second kappa shape index (κ2) is 3.28. The Labute approximate surface area is 96.8 Å². The van der Waals surface area contributed by atoms with Crippen molar-refractivity contribution in [3.05, 3.63) is 35.0 Å². The molecule has 0 bridgehead atoms. The maximum absolute atomic E-state index is 12.8. The van der Waals surface area contributed by atoms with Crippen molar-refractivity contribution in [2.45, 2.75) is 32.5 Å². The Bertz CT molecular complexity index is 593. The fourth-order valence-corrected chi connectivity index (χ4v) is 2.71. The zero-order valence-electron chi connectivity index (χ0n) is 9.43. The van der Waals surface area contributed by atoms with Crippen molar-refractivity contribution in [1.29, 1.82) is 0 Å². The summed E-state index contributed by atoms with van der Waals surface area (Å²) >= 11 is 0. The minimum atomic E-state index is -4.25. The van der Waals surface area contributed by atoms with Crippen molar-refractivity contribution >= 4 is 10.9 Å². The number of halogens is 3. The molecular formula is C13H12F3N. The fourth-order valence-electron chi connectivity index (χ4n) is 2.71. The zero-order valence-corrected chi connectivity index (χ0v) is 9.43. The molecule has 3 rings (SSSR count). The van der Waals surface area contributed by atoms with Crippen LogP contribution < -0.4 is 0 Å². The van der Waals surface area contributed by atoms with Gasteiger partial charge in [-0.2, -0.15) is 13.2 Å². The molecule has 0 spiro atoms. The van der Waals surface area contributed by atoms with Crippen LogP contribution in [0.3, 0.4) is 0 Å². The highest BCUT2D eigenvalue weighted by molar-refractivity contribution is 5.86. The Hall–Kier alpha value is -1.45. The molecule has 90 valence electrons. The Balaban J connectivity index is 2.34. The SMILES string of the molecule is Cc1cc2cc(C(F)(F)F)cc3c2n1CCC3. The average Bonchev–Trinajstić information content (AvgIpc) is 2.56. The predicted molar refractivity (Wildman–Crippen MR) is 60.0 cm³/mol. The normalized spacial score (nSPS) is 15.5. The molecule has 0 unspecified atom stereocenters. The van der Waals surface area contributed by atoms with E-state index >= 15 is 0 Å². The maximum Gasteiger partial charge on any atom is 0.416 e. The van der Waals surface area contributed by atoms with E-state index in [1.165, 1.54) is 12.1 Å². The van der Waals surface area contributed by atoms with E-state index in [4.69, 9.17) is 0 Å². The lowest BCUT2D eigenvalue weighted by Crippen LogP contribution is -2.11. The van der Waals surface area contributed by atoms with Gasteiger partial charge >= 0.3 is 6.18 Å². The first-order valence-electron chi connectivity index (χ1n) is 5.67. The molecule has 4 heteroatoms. The number of alkyl halides is 3. The molecule has 0 saturated carbocycles. The van der Waals surface area contributed by atoms with E-state index in [0.29, 0.717) is 5.39 Å². The molecule has 0 saturated heterocycles. The van der Waals surface area contributed by atoms with Gasteiger partial charge < -0.3 is 4.57 Å². The van der Waals surface area contributed by atoms with Crippen molar-refractivity contribution in [2.75, 3.05) is 0 Å². The van der Waals surface area contributed by atoms with Crippen molar-refractivity contribution in [2.24, 2.45) is 0 Å². The van der Waals surface area contributed by atoms with Gasteiger partial charge in [0.05, 0.1) is 11.1 Å². The summed E-state index contributed by atoms with van der Waals surface area (Å²) in [6.07, 6.45) is -2.60. The fraction of sp³-hybridized carbons (Fsp3) is 0.385. The Morgan fingerprint density at radius 1 is 1.18 bits per heavy atom. The van der Waals surface area contributed by atoms with Crippen LogP contribution in [-0.4, -0.2) is 4.57 Å². The molecule has 2 heterocycles. The summed E-state index contributed by atoms with van der Waals surface area (Å²) in [6.45, 7) is 2.86. The van der Waals surface area contributed by atoms with Crippen LogP contribution in [0.15, 0.2) is 18.2 Å². The lowest BCUT2D eigenvalue weighted by molar-refractivity contribution is -0.137. The van der Waals surface area contributed by atoms with E-state index in [0.717, 1.165) is 36.2 Å². The van der Waals surface area contributed by atoms with Gasteiger partial charge in [-0.15, -0.1) is 0 Å². The van der Waals surface area contributed by atoms with Crippen LogP contribution in [-0.2, 0) is 19.1 Å². The first-order valence-corrected chi connectivity index (χ1v) is 5.67. The largest absolute Gasteiger partial charge is 0.416 e. The van der Waals surface area contributed by atoms with Crippen LogP contribution >= 0.6 is 0 Å². The Kier molecular flexibility index (Phi) is 2.06. The minimum Gasteiger partial charge on any atom is -0.345 e. The standard InChI is InChI=1S/C13H12F3N/c1-8-5-10-7-11(13(14,15)16)6-9-3-2-4-17(8)12(9)10/h5-7H,2-4H2,1H3. The minimum absolute atomic E-state index is 0.529. The van der Waals surface area contributed by atoms with Crippen molar-refractivity contribution in [1.82, 2.24) is 4.57 Å². The van der Waals surface area contributed by atoms with Crippen molar-refractivity contribution in [3.8, 4) is 0 Å². The van der Waals surface area contributed by atoms with Crippen LogP contribution in [0.4, 0.5) is 13.2 Å². The predicted octanol–water partition coefficient (Wildman–Crippen LogP) is 3.91. The lowest BCUT2D eigenvalue weighted by Gasteiger charge is -2.18. The second-order valence-electron chi connectivity index (χ2n) is 4.61. The molecule has 0 fully saturated rings. The summed E-state index contributed by atoms with van der Waals surface area (Å²) in [4.78, 5) is 0. The third kappa shape index (κ3) is 1.54. The van der Waals surface area contributed by atoms with Crippen LogP contribution in [0, 0.1) is 6.92 Å². The van der Waals surface area contributed by atoms with Gasteiger partial charge in [-0.25, -0.2) is 0 Å². The Morgan fingerprint density at radius 3 is 2.65 bits per heavy atom. The van der Waals surface area contributed by atoms with Gasteiger partial charge in [0.2, 0.25) is 0 Å². The first-order chi connectivity index (χ1) is 7.97. The van der Waals surface area contributed by atoms with Gasteiger partial charge in [0.25, 0.3) is 0 Å². The average molecular weight is 239 g/mol. The van der Waals surface area contributed by atoms with Crippen molar-refractivity contribution in [3.63, 3.8) is 0 Å². The molecule has 1 aromatic heterocycles. The number of hydrogen-bond donors (Lipinski definition) is 0. The number of benzene rings is 1. The smallest absolute Gasteiger partial charge is 0.345 e. The summed E-state index contributed by atoms with van der Waals surface area (Å²) in [5, 5.41) is 0.715. The van der Waals surface area contributed by atoms with Crippen LogP contribution in [0.1, 0.15) is 23.2 Å². The molecule has 0 radical (unpaired) electrons. The topological polar surface area (TPSA) is 4.93 Å². The molecule has 0 N–H and O–H groups in total. The van der Waals surface area contributed by atoms with Crippen molar-refractivity contribution < 1.29 is 13.2 Å². The molecule has 17 heavy (non-hydrogen) atoms. The zero-order chi connectivity index (χ0) is 12.2. The molecular weight excluding hydrogens is 227 g/mol. The number of hydrogen-bond acceptors (Lipinski definition) is 0. The molecule has 1 aliphatic heterocycles. The van der Waals surface area contributed by atoms with Gasteiger partial charge in [-0.3, -0.25) is 0 Å². The third-order valence-corrected chi connectivity index (χ3v) is 3.43. The summed E-state index contributed by atoms with van der Waals surface area (Å²) in [6, 6.07) is 4.41. The maximum atomic E-state index is 12.8. The summed E-state index contributed by atoms with van der Waals surface area (Å²) in [5.41, 5.74) is 2.33. The molecule has 1 aromatic carbocycles. The number of aryl methyl sites for hydroxylation is 3. The molecule has 0 atom stereocenters. The van der Waals surface area contributed by atoms with Gasteiger partial charge in [0.1, 0.15) is 0 Å². The summed E-state index contributed by atoms with van der Waals surface area (Å²) < 4.78 is 40.4. The molecule has 1 nitrogen and oxygen atoms in total. The van der Waals surface area contributed by atoms with Crippen LogP contribution in [0.2, 0.25) is 0 Å². The highest BCUT2D eigenvalue weighted by atomic mass is 19.4. The number of nitrogens with zero attached hydrogens (tertiary/aromatic N) is 1. The highest BCUT2D eigenvalue weighted by Crippen LogP contribution is 2.36. The summed E-state index contributed by atoms with van der Waals surface area (Å²) in [5.74, 6) is 0. The summed E-state index contributed by atoms with van der Waals surface area (Å²) in [7, 11) is 0. The van der Waals surface area contributed by atoms with E-state index in [-0.39, 0.29) is 0 Å². The number of rotatable bonds is 0. The van der Waals surface area contributed by atoms with E-state index in [9.17, 15) is 13.2 Å². The third-order valence-electron chi connectivity index (χ3n) is 3.43. The number of aromatic nitrogens is 1. The van der Waals surface area contributed by atoms with Gasteiger partial charge in [-0.1, -0.05) is 0 Å². The quantitative estimate of drug-likeness (QED) is 0.656. The van der Waals surface area contributed by atoms with Gasteiger partial charge in [0, 0.05) is 17.6 Å². The van der Waals surface area contributed by atoms with E-state index in [1.807, 2.05) is 13.0 Å². The molecule has 2 aromatic rings. The van der Waals surface area contributed by atoms with Crippen LogP contribution in [0.25, 0.3) is 10.9 Å². The molecule has 0 amide bonds. The van der Waals surface area contributed by atoms with E-state index in [2.05, 4.69) is 4.57 Å². The van der Waals surface area contributed by atoms with Crippen LogP contribution in [0.5, 0.6) is 0 Å². The highest BCUT2D eigenvalue weighted by Gasteiger charge is 2.32. The lowest BCUT2D eigenvalue weighted by atomic mass is 10.0. The second-order valence-corrected chi connectivity index (χ2v) is 4.61. The van der Waals surface area contributed by atoms with Gasteiger partial charge in [-0.05, 0) is 43.5 Å². The monoisotopic (exact) mass is 239 g/mol. The Morgan fingerprint density at radius 2 is 1.94 bits per heavy atom. The van der Waals surface area contributed by atoms with Gasteiger partial charge in [0.15, 0.2) is 0 Å². The molecule has 0 aliphatic carbocycles.